The van der Waals surface area contributed by atoms with Gasteiger partial charge in [0.05, 0.1) is 25.6 Å². The number of amides is 1. The number of fused-ring (bicyclic) bond motifs is 1. The fourth-order valence-corrected chi connectivity index (χ4v) is 3.12. The number of carboxylic acid groups (broad SMARTS) is 1. The first-order chi connectivity index (χ1) is 12.5. The van der Waals surface area contributed by atoms with Crippen molar-refractivity contribution in [3.63, 3.8) is 0 Å². The molecule has 1 aromatic carbocycles. The van der Waals surface area contributed by atoms with Gasteiger partial charge in [-0.05, 0) is 24.4 Å². The summed E-state index contributed by atoms with van der Waals surface area (Å²) in [4.78, 5) is 32.0. The van der Waals surface area contributed by atoms with Crippen molar-refractivity contribution in [2.45, 2.75) is 18.8 Å². The number of ether oxygens (including phenoxy) is 1. The molecule has 1 aromatic heterocycles. The molecule has 0 unspecified atom stereocenters. The van der Waals surface area contributed by atoms with E-state index in [0.29, 0.717) is 31.5 Å². The lowest BCUT2D eigenvalue weighted by atomic mass is 9.78. The van der Waals surface area contributed by atoms with Gasteiger partial charge >= 0.3 is 13.1 Å². The molecule has 1 saturated heterocycles. The normalized spacial score (nSPS) is 16.5. The van der Waals surface area contributed by atoms with E-state index in [1.165, 1.54) is 12.5 Å². The van der Waals surface area contributed by atoms with Crippen molar-refractivity contribution in [2.75, 3.05) is 13.1 Å². The molecule has 134 valence electrons. The monoisotopic (exact) mass is 357 g/mol. The van der Waals surface area contributed by atoms with Crippen LogP contribution in [0.25, 0.3) is 0 Å². The molecule has 26 heavy (non-hydrogen) atoms. The van der Waals surface area contributed by atoms with E-state index in [-0.39, 0.29) is 29.1 Å². The number of hydrogen-bond donors (Lipinski definition) is 3. The summed E-state index contributed by atoms with van der Waals surface area (Å²) in [5.41, 5.74) is 1.02. The predicted molar refractivity (Wildman–Crippen MR) is 89.4 cm³/mol. The molecule has 0 aliphatic carbocycles. The van der Waals surface area contributed by atoms with Crippen molar-refractivity contribution in [2.24, 2.45) is 0 Å². The third-order valence-corrected chi connectivity index (χ3v) is 4.49. The van der Waals surface area contributed by atoms with Crippen molar-refractivity contribution < 1.29 is 29.1 Å². The molecule has 3 heterocycles. The Morgan fingerprint density at radius 1 is 1.38 bits per heavy atom. The lowest BCUT2D eigenvalue weighted by Gasteiger charge is -2.39. The summed E-state index contributed by atoms with van der Waals surface area (Å²) in [6.45, 7) is 0.689. The van der Waals surface area contributed by atoms with Crippen molar-refractivity contribution in [3.05, 3.63) is 41.5 Å². The van der Waals surface area contributed by atoms with Crippen molar-refractivity contribution >= 4 is 19.0 Å². The van der Waals surface area contributed by atoms with Crippen molar-refractivity contribution in [3.8, 4) is 11.5 Å². The molecule has 4 rings (SSSR count). The number of rotatable bonds is 4. The minimum Gasteiger partial charge on any atom is -0.535 e. The summed E-state index contributed by atoms with van der Waals surface area (Å²) in [7, 11) is -1.03. The van der Waals surface area contributed by atoms with E-state index >= 15 is 0 Å². The number of aromatic amines is 1. The van der Waals surface area contributed by atoms with E-state index in [4.69, 9.17) is 9.39 Å². The number of hydrogen-bond acceptors (Lipinski definition) is 6. The molecule has 1 fully saturated rings. The number of benzene rings is 1. The van der Waals surface area contributed by atoms with Crippen LogP contribution in [0.1, 0.15) is 26.4 Å². The van der Waals surface area contributed by atoms with Gasteiger partial charge < -0.3 is 29.4 Å². The average molecular weight is 357 g/mol. The summed E-state index contributed by atoms with van der Waals surface area (Å²) in [5.74, 6) is -1.05. The molecular weight excluding hydrogens is 341 g/mol. The highest BCUT2D eigenvalue weighted by Gasteiger charge is 2.36. The Labute approximate surface area is 148 Å². The molecule has 0 atom stereocenters. The summed E-state index contributed by atoms with van der Waals surface area (Å²) < 4.78 is 11.1. The molecular formula is C16H16BN3O6. The van der Waals surface area contributed by atoms with Gasteiger partial charge in [-0.25, -0.2) is 9.78 Å². The lowest BCUT2D eigenvalue weighted by molar-refractivity contribution is 0.0165. The van der Waals surface area contributed by atoms with Gasteiger partial charge in [0.2, 0.25) is 0 Å². The molecule has 10 heteroatoms. The molecule has 0 bridgehead atoms. The fraction of sp³-hybridized carbons (Fsp3) is 0.312. The lowest BCUT2D eigenvalue weighted by Crippen LogP contribution is -2.56. The Balaban J connectivity index is 1.48. The highest BCUT2D eigenvalue weighted by molar-refractivity contribution is 6.44. The van der Waals surface area contributed by atoms with E-state index < -0.39 is 13.1 Å². The topological polar surface area (TPSA) is 125 Å². The Bertz CT molecular complexity index is 850. The van der Waals surface area contributed by atoms with Crippen LogP contribution in [0, 0.1) is 0 Å². The summed E-state index contributed by atoms with van der Waals surface area (Å²) in [6, 6.07) is 3.35. The fourth-order valence-electron chi connectivity index (χ4n) is 3.12. The first-order valence-corrected chi connectivity index (χ1v) is 8.21. The summed E-state index contributed by atoms with van der Waals surface area (Å²) in [5, 5.41) is 19.2. The smallest absolute Gasteiger partial charge is 0.522 e. The zero-order valence-corrected chi connectivity index (χ0v) is 13.7. The van der Waals surface area contributed by atoms with Gasteiger partial charge in [-0.15, -0.1) is 0 Å². The maximum atomic E-state index is 12.1. The number of nitrogens with zero attached hydrogens (tertiary/aromatic N) is 2. The Kier molecular flexibility index (Phi) is 4.04. The number of imidazole rings is 1. The van der Waals surface area contributed by atoms with E-state index in [1.54, 1.807) is 17.0 Å². The van der Waals surface area contributed by atoms with Gasteiger partial charge in [0.15, 0.2) is 0 Å². The van der Waals surface area contributed by atoms with Crippen LogP contribution in [0.2, 0.25) is 6.32 Å². The highest BCUT2D eigenvalue weighted by Crippen LogP contribution is 2.37. The molecule has 9 nitrogen and oxygen atoms in total. The highest BCUT2D eigenvalue weighted by atomic mass is 16.5. The first-order valence-electron chi connectivity index (χ1n) is 8.21. The maximum absolute atomic E-state index is 12.1. The second kappa shape index (κ2) is 6.38. The SMILES string of the molecule is O=C(O)c1c(OC2CN(C(=O)c3cnc[nH]3)C2)ccc2c1OB(O)CC2. The number of nitrogens with one attached hydrogen (secondary N) is 1. The van der Waals surface area contributed by atoms with Crippen molar-refractivity contribution in [1.82, 2.24) is 14.9 Å². The zero-order chi connectivity index (χ0) is 18.3. The van der Waals surface area contributed by atoms with Crippen LogP contribution in [0.4, 0.5) is 0 Å². The van der Waals surface area contributed by atoms with E-state index in [9.17, 15) is 19.7 Å². The predicted octanol–water partition coefficient (Wildman–Crippen LogP) is 0.427. The van der Waals surface area contributed by atoms with Gasteiger partial charge in [0, 0.05) is 0 Å². The Morgan fingerprint density at radius 2 is 2.19 bits per heavy atom. The number of H-pyrrole nitrogens is 1. The van der Waals surface area contributed by atoms with Gasteiger partial charge in [-0.3, -0.25) is 4.79 Å². The van der Waals surface area contributed by atoms with Crippen LogP contribution in [-0.2, 0) is 6.42 Å². The van der Waals surface area contributed by atoms with Gasteiger partial charge in [-0.2, -0.15) is 0 Å². The third-order valence-electron chi connectivity index (χ3n) is 4.49. The molecule has 3 N–H and O–H groups in total. The molecule has 2 aromatic rings. The minimum absolute atomic E-state index is 0.0976. The standard InChI is InChI=1S/C16H16BN3O6/c21-15(11-5-18-8-19-11)20-6-10(7-20)25-12-2-1-9-3-4-17(24)26-14(9)13(12)16(22)23/h1-2,5,8,10,24H,3-4,6-7H2,(H,18,19)(H,22,23). The molecule has 0 spiro atoms. The summed E-state index contributed by atoms with van der Waals surface area (Å²) in [6.07, 6.45) is 3.52. The number of likely N-dealkylation sites (tertiary alicyclic amines) is 1. The second-order valence-corrected chi connectivity index (χ2v) is 6.26. The van der Waals surface area contributed by atoms with Crippen LogP contribution < -0.4 is 9.39 Å². The van der Waals surface area contributed by atoms with E-state index in [2.05, 4.69) is 9.97 Å². The van der Waals surface area contributed by atoms with Crippen LogP contribution in [0.5, 0.6) is 11.5 Å². The van der Waals surface area contributed by atoms with Gasteiger partial charge in [0.25, 0.3) is 5.91 Å². The number of aryl methyl sites for hydroxylation is 1. The molecule has 1 amide bonds. The van der Waals surface area contributed by atoms with Crippen LogP contribution >= 0.6 is 0 Å². The number of aromatic nitrogens is 2. The zero-order valence-electron chi connectivity index (χ0n) is 13.7. The van der Waals surface area contributed by atoms with Gasteiger partial charge in [-0.1, -0.05) is 6.07 Å². The molecule has 2 aliphatic heterocycles. The Hall–Kier alpha value is -3.01. The van der Waals surface area contributed by atoms with Gasteiger partial charge in [0.1, 0.15) is 28.9 Å². The molecule has 0 radical (unpaired) electrons. The van der Waals surface area contributed by atoms with Crippen molar-refractivity contribution in [1.29, 1.82) is 0 Å². The third kappa shape index (κ3) is 2.88. The van der Waals surface area contributed by atoms with Crippen LogP contribution in [0.3, 0.4) is 0 Å². The van der Waals surface area contributed by atoms with Crippen LogP contribution in [-0.4, -0.2) is 63.2 Å². The molecule has 0 saturated carbocycles. The molecule has 2 aliphatic rings. The minimum atomic E-state index is -1.18. The summed E-state index contributed by atoms with van der Waals surface area (Å²) >= 11 is 0. The second-order valence-electron chi connectivity index (χ2n) is 6.26. The number of carbonyl (C=O) groups is 2. The number of carbonyl (C=O) groups excluding carboxylic acids is 1. The number of aromatic carboxylic acids is 1. The Morgan fingerprint density at radius 3 is 2.88 bits per heavy atom. The maximum Gasteiger partial charge on any atom is 0.522 e. The average Bonchev–Trinajstić information content (AvgIpc) is 3.10. The largest absolute Gasteiger partial charge is 0.535 e. The first kappa shape index (κ1) is 16.5. The van der Waals surface area contributed by atoms with E-state index in [0.717, 1.165) is 5.56 Å². The van der Waals surface area contributed by atoms with Crippen LogP contribution in [0.15, 0.2) is 24.7 Å². The number of carboxylic acids is 1. The quantitative estimate of drug-likeness (QED) is 0.678. The van der Waals surface area contributed by atoms with E-state index in [1.807, 2.05) is 0 Å².